The smallest absolute Gasteiger partial charge is 0.306 e. The quantitative estimate of drug-likeness (QED) is 0.0192. The second-order valence-corrected chi connectivity index (χ2v) is 18.0. The first-order chi connectivity index (χ1) is 31.5. The molecule has 2 heterocycles. The van der Waals surface area contributed by atoms with Gasteiger partial charge in [0.05, 0.1) is 19.8 Å². The van der Waals surface area contributed by atoms with Crippen LogP contribution in [-0.4, -0.2) is 142 Å². The van der Waals surface area contributed by atoms with Gasteiger partial charge in [0.25, 0.3) is 0 Å². The maximum atomic E-state index is 12.9. The number of carbonyl (C=O) groups is 2. The molecule has 0 radical (unpaired) electrons. The molecule has 2 aliphatic heterocycles. The van der Waals surface area contributed by atoms with E-state index in [1.54, 1.807) is 0 Å². The molecular weight excluding hydrogens is 841 g/mol. The summed E-state index contributed by atoms with van der Waals surface area (Å²) in [5, 5.41) is 72.0. The summed E-state index contributed by atoms with van der Waals surface area (Å²) in [5.74, 6) is -0.996. The van der Waals surface area contributed by atoms with Crippen molar-refractivity contribution in [1.29, 1.82) is 0 Å². The summed E-state index contributed by atoms with van der Waals surface area (Å²) in [6, 6.07) is 0. The third-order valence-corrected chi connectivity index (χ3v) is 12.2. The standard InChI is InChI=1S/C50H90O15/c1-3-5-7-9-11-13-15-17-18-19-21-22-24-26-28-30-32-41(52)60-35-38(63-42(53)33-31-29-27-25-23-20-16-14-12-10-8-6-4-2)36-61-49-48(59)46(57)44(55)40(65-49)37-62-50-47(58)45(56)43(54)39(34-51)64-50/h20,23,27,29,38-40,43-51,54-59H,3-19,21-22,24-26,28,30-37H2,1-2H3/b23-20+,29-27+/t38?,39-,40-,43+,44+,45?,46?,47?,48?,49-,50-/m1/s1. The molecule has 0 aromatic rings. The van der Waals surface area contributed by atoms with E-state index in [1.165, 1.54) is 116 Å². The van der Waals surface area contributed by atoms with Crippen LogP contribution in [-0.2, 0) is 38.0 Å². The van der Waals surface area contributed by atoms with Gasteiger partial charge in [0.1, 0.15) is 55.4 Å². The Morgan fingerprint density at radius 2 is 0.954 bits per heavy atom. The Bertz CT molecular complexity index is 1230. The number of esters is 2. The molecule has 2 rings (SSSR count). The van der Waals surface area contributed by atoms with Gasteiger partial charge in [-0.15, -0.1) is 0 Å². The maximum Gasteiger partial charge on any atom is 0.306 e. The van der Waals surface area contributed by atoms with Crippen LogP contribution in [0.5, 0.6) is 0 Å². The molecule has 2 saturated heterocycles. The van der Waals surface area contributed by atoms with Gasteiger partial charge in [-0.1, -0.05) is 167 Å². The number of unbranched alkanes of at least 4 members (excludes halogenated alkanes) is 21. The summed E-state index contributed by atoms with van der Waals surface area (Å²) in [5.41, 5.74) is 0. The van der Waals surface area contributed by atoms with Crippen molar-refractivity contribution >= 4 is 11.9 Å². The Labute approximate surface area is 390 Å². The SMILES string of the molecule is CCCCCCCC/C=C/C/C=C/CCC(=O)OC(COC(=O)CCCCCCCCCCCCCCCCCC)CO[C@@H]1O[C@H](CO[C@@H]2O[C@H](CO)[C@H](O)C(O)C2O)[C@H](O)C(O)C1O. The van der Waals surface area contributed by atoms with E-state index < -0.39 is 99.3 Å². The Morgan fingerprint density at radius 3 is 1.49 bits per heavy atom. The van der Waals surface area contributed by atoms with E-state index in [0.717, 1.165) is 32.1 Å². The van der Waals surface area contributed by atoms with E-state index in [2.05, 4.69) is 26.0 Å². The van der Waals surface area contributed by atoms with E-state index in [4.69, 9.17) is 28.4 Å². The van der Waals surface area contributed by atoms with Crippen molar-refractivity contribution in [2.45, 2.75) is 255 Å². The zero-order valence-electron chi connectivity index (χ0n) is 40.0. The lowest BCUT2D eigenvalue weighted by Crippen LogP contribution is -2.61. The van der Waals surface area contributed by atoms with Crippen LogP contribution in [0.2, 0.25) is 0 Å². The van der Waals surface area contributed by atoms with Crippen molar-refractivity contribution in [3.8, 4) is 0 Å². The Balaban J connectivity index is 1.83. The normalized spacial score (nSPS) is 26.5. The van der Waals surface area contributed by atoms with Gasteiger partial charge in [-0.3, -0.25) is 9.59 Å². The van der Waals surface area contributed by atoms with Crippen LogP contribution in [0, 0.1) is 0 Å². The highest BCUT2D eigenvalue weighted by Gasteiger charge is 2.47. The first-order valence-corrected chi connectivity index (χ1v) is 25.4. The average Bonchev–Trinajstić information content (AvgIpc) is 3.30. The number of hydrogen-bond donors (Lipinski definition) is 7. The predicted molar refractivity (Wildman–Crippen MR) is 247 cm³/mol. The minimum atomic E-state index is -1.77. The number of ether oxygens (including phenoxy) is 6. The third-order valence-electron chi connectivity index (χ3n) is 12.2. The van der Waals surface area contributed by atoms with Gasteiger partial charge in [-0.05, 0) is 32.1 Å². The first-order valence-electron chi connectivity index (χ1n) is 25.4. The summed E-state index contributed by atoms with van der Waals surface area (Å²) < 4.78 is 33.5. The number of hydrogen-bond acceptors (Lipinski definition) is 15. The fraction of sp³-hybridized carbons (Fsp3) is 0.880. The minimum absolute atomic E-state index is 0.0619. The summed E-state index contributed by atoms with van der Waals surface area (Å²) in [6.07, 6.45) is 20.8. The molecule has 11 atom stereocenters. The zero-order valence-corrected chi connectivity index (χ0v) is 40.0. The minimum Gasteiger partial charge on any atom is -0.462 e. The number of rotatable bonds is 39. The van der Waals surface area contributed by atoms with Gasteiger partial charge in [-0.2, -0.15) is 0 Å². The molecular formula is C50H90O15. The molecule has 380 valence electrons. The molecule has 7 N–H and O–H groups in total. The van der Waals surface area contributed by atoms with E-state index in [9.17, 15) is 45.3 Å². The van der Waals surface area contributed by atoms with Crippen molar-refractivity contribution < 1.29 is 73.8 Å². The van der Waals surface area contributed by atoms with Gasteiger partial charge in [0, 0.05) is 12.8 Å². The monoisotopic (exact) mass is 931 g/mol. The molecule has 15 nitrogen and oxygen atoms in total. The number of carbonyl (C=O) groups excluding carboxylic acids is 2. The van der Waals surface area contributed by atoms with Gasteiger partial charge in [-0.25, -0.2) is 0 Å². The van der Waals surface area contributed by atoms with E-state index in [-0.39, 0.29) is 19.4 Å². The second-order valence-electron chi connectivity index (χ2n) is 18.0. The van der Waals surface area contributed by atoms with Crippen LogP contribution in [0.15, 0.2) is 24.3 Å². The van der Waals surface area contributed by atoms with E-state index >= 15 is 0 Å². The van der Waals surface area contributed by atoms with Crippen molar-refractivity contribution in [2.75, 3.05) is 26.4 Å². The number of allylic oxidation sites excluding steroid dienone is 4. The van der Waals surface area contributed by atoms with Crippen molar-refractivity contribution in [3.63, 3.8) is 0 Å². The van der Waals surface area contributed by atoms with Crippen LogP contribution < -0.4 is 0 Å². The molecule has 2 aliphatic rings. The van der Waals surface area contributed by atoms with E-state index in [1.807, 2.05) is 12.2 Å². The summed E-state index contributed by atoms with van der Waals surface area (Å²) in [6.45, 7) is 2.53. The number of aliphatic hydroxyl groups is 7. The van der Waals surface area contributed by atoms with Crippen LogP contribution in [0.3, 0.4) is 0 Å². The van der Waals surface area contributed by atoms with Crippen LogP contribution in [0.1, 0.15) is 187 Å². The topological polar surface area (TPSA) is 231 Å². The molecule has 65 heavy (non-hydrogen) atoms. The van der Waals surface area contributed by atoms with Crippen LogP contribution >= 0.6 is 0 Å². The van der Waals surface area contributed by atoms with Crippen molar-refractivity contribution in [3.05, 3.63) is 24.3 Å². The highest BCUT2D eigenvalue weighted by atomic mass is 16.7. The second kappa shape index (κ2) is 37.9. The summed E-state index contributed by atoms with van der Waals surface area (Å²) in [7, 11) is 0. The summed E-state index contributed by atoms with van der Waals surface area (Å²) in [4.78, 5) is 25.7. The molecule has 5 unspecified atom stereocenters. The average molecular weight is 931 g/mol. The Hall–Kier alpha value is -2.02. The molecule has 0 aromatic heterocycles. The van der Waals surface area contributed by atoms with Gasteiger partial charge >= 0.3 is 11.9 Å². The number of aliphatic hydroxyl groups excluding tert-OH is 7. The molecule has 0 aromatic carbocycles. The lowest BCUT2D eigenvalue weighted by atomic mass is 9.98. The predicted octanol–water partition coefficient (Wildman–Crippen LogP) is 6.77. The highest BCUT2D eigenvalue weighted by molar-refractivity contribution is 5.70. The fourth-order valence-corrected chi connectivity index (χ4v) is 7.98. The Morgan fingerprint density at radius 1 is 0.492 bits per heavy atom. The molecule has 0 aliphatic carbocycles. The molecule has 15 heteroatoms. The lowest BCUT2D eigenvalue weighted by Gasteiger charge is -2.42. The lowest BCUT2D eigenvalue weighted by molar-refractivity contribution is -0.332. The van der Waals surface area contributed by atoms with Gasteiger partial charge in [0.15, 0.2) is 18.7 Å². The fourth-order valence-electron chi connectivity index (χ4n) is 7.98. The molecule has 0 spiro atoms. The van der Waals surface area contributed by atoms with Crippen LogP contribution in [0.25, 0.3) is 0 Å². The maximum absolute atomic E-state index is 12.9. The van der Waals surface area contributed by atoms with Crippen molar-refractivity contribution in [1.82, 2.24) is 0 Å². The first kappa shape index (κ1) is 59.1. The molecule has 0 amide bonds. The molecule has 2 fully saturated rings. The van der Waals surface area contributed by atoms with Gasteiger partial charge < -0.3 is 64.2 Å². The largest absolute Gasteiger partial charge is 0.462 e. The molecule has 0 bridgehead atoms. The van der Waals surface area contributed by atoms with E-state index in [0.29, 0.717) is 12.8 Å². The zero-order chi connectivity index (χ0) is 47.5. The molecule has 0 saturated carbocycles. The van der Waals surface area contributed by atoms with Crippen LogP contribution in [0.4, 0.5) is 0 Å². The highest BCUT2D eigenvalue weighted by Crippen LogP contribution is 2.26. The third kappa shape index (κ3) is 26.4. The summed E-state index contributed by atoms with van der Waals surface area (Å²) >= 11 is 0. The van der Waals surface area contributed by atoms with Crippen molar-refractivity contribution in [2.24, 2.45) is 0 Å². The van der Waals surface area contributed by atoms with Gasteiger partial charge in [0.2, 0.25) is 0 Å². The Kier molecular flexibility index (Phi) is 34.5.